The first-order valence-electron chi connectivity index (χ1n) is 7.74. The van der Waals surface area contributed by atoms with Crippen molar-refractivity contribution in [3.05, 3.63) is 52.8 Å². The Kier molecular flexibility index (Phi) is 3.78. The molecule has 1 unspecified atom stereocenters. The Labute approximate surface area is 143 Å². The first-order chi connectivity index (χ1) is 11.7. The Hall–Kier alpha value is -2.31. The third kappa shape index (κ3) is 2.57. The summed E-state index contributed by atoms with van der Waals surface area (Å²) in [6.07, 6.45) is 0.535. The van der Waals surface area contributed by atoms with Gasteiger partial charge >= 0.3 is 0 Å². The monoisotopic (exact) mass is 341 g/mol. The number of fused-ring (bicyclic) bond motifs is 1. The van der Waals surface area contributed by atoms with Crippen molar-refractivity contribution in [2.45, 2.75) is 19.4 Å². The van der Waals surface area contributed by atoms with Gasteiger partial charge < -0.3 is 10.5 Å². The van der Waals surface area contributed by atoms with Crippen molar-refractivity contribution in [1.82, 2.24) is 10.2 Å². The van der Waals surface area contributed by atoms with Crippen LogP contribution in [0.15, 0.2) is 36.4 Å². The number of halogens is 1. The smallest absolute Gasteiger partial charge is 0.148 e. The molecule has 2 heterocycles. The van der Waals surface area contributed by atoms with Crippen LogP contribution in [0.1, 0.15) is 10.6 Å². The second-order valence-corrected chi connectivity index (χ2v) is 6.97. The quantitative estimate of drug-likeness (QED) is 0.791. The van der Waals surface area contributed by atoms with E-state index >= 15 is 0 Å². The van der Waals surface area contributed by atoms with Gasteiger partial charge in [-0.2, -0.15) is 0 Å². The summed E-state index contributed by atoms with van der Waals surface area (Å²) in [6, 6.07) is 10.9. The zero-order chi connectivity index (χ0) is 16.7. The van der Waals surface area contributed by atoms with Crippen molar-refractivity contribution in [3.8, 4) is 27.4 Å². The highest BCUT2D eigenvalue weighted by atomic mass is 32.1. The zero-order valence-corrected chi connectivity index (χ0v) is 13.9. The highest BCUT2D eigenvalue weighted by molar-refractivity contribution is 7.14. The summed E-state index contributed by atoms with van der Waals surface area (Å²) in [5.41, 5.74) is 9.15. The van der Waals surface area contributed by atoms with Crippen LogP contribution in [0.5, 0.6) is 5.75 Å². The number of hydrogen-bond donors (Lipinski definition) is 1. The van der Waals surface area contributed by atoms with Crippen LogP contribution in [0, 0.1) is 12.7 Å². The Balaban J connectivity index is 1.90. The average Bonchev–Trinajstić information content (AvgIpc) is 3.20. The van der Waals surface area contributed by atoms with Crippen molar-refractivity contribution in [3.63, 3.8) is 0 Å². The van der Waals surface area contributed by atoms with E-state index in [-0.39, 0.29) is 11.9 Å². The number of aryl methyl sites for hydroxylation is 1. The summed E-state index contributed by atoms with van der Waals surface area (Å²) >= 11 is 1.52. The first-order valence-corrected chi connectivity index (χ1v) is 8.56. The molecular weight excluding hydrogens is 325 g/mol. The van der Waals surface area contributed by atoms with Crippen molar-refractivity contribution in [1.29, 1.82) is 0 Å². The van der Waals surface area contributed by atoms with Crippen LogP contribution in [-0.4, -0.2) is 22.8 Å². The predicted molar refractivity (Wildman–Crippen MR) is 92.7 cm³/mol. The van der Waals surface area contributed by atoms with E-state index in [0.29, 0.717) is 13.0 Å². The summed E-state index contributed by atoms with van der Waals surface area (Å²) < 4.78 is 20.1. The number of rotatable bonds is 3. The fourth-order valence-corrected chi connectivity index (χ4v) is 3.77. The van der Waals surface area contributed by atoms with Gasteiger partial charge in [0.15, 0.2) is 0 Å². The number of nitrogens with two attached hydrogens (primary N) is 1. The largest absolute Gasteiger partial charge is 0.488 e. The molecule has 3 aromatic rings. The van der Waals surface area contributed by atoms with Gasteiger partial charge in [0.1, 0.15) is 27.7 Å². The van der Waals surface area contributed by atoms with Crippen LogP contribution in [0.25, 0.3) is 21.7 Å². The normalized spacial score (nSPS) is 16.0. The van der Waals surface area contributed by atoms with E-state index < -0.39 is 0 Å². The molecule has 0 saturated heterocycles. The van der Waals surface area contributed by atoms with Crippen LogP contribution in [0.2, 0.25) is 0 Å². The Morgan fingerprint density at radius 3 is 2.71 bits per heavy atom. The second kappa shape index (κ2) is 5.96. The van der Waals surface area contributed by atoms with Gasteiger partial charge in [-0.05, 0) is 24.6 Å². The number of benzene rings is 2. The second-order valence-electron chi connectivity index (χ2n) is 5.79. The number of hydrogen-bond acceptors (Lipinski definition) is 5. The highest BCUT2D eigenvalue weighted by Crippen LogP contribution is 2.43. The Morgan fingerprint density at radius 1 is 1.21 bits per heavy atom. The average molecular weight is 341 g/mol. The molecule has 0 radical (unpaired) electrons. The van der Waals surface area contributed by atoms with Gasteiger partial charge in [-0.1, -0.05) is 35.6 Å². The van der Waals surface area contributed by atoms with Crippen molar-refractivity contribution in [2.75, 3.05) is 6.54 Å². The fourth-order valence-electron chi connectivity index (χ4n) is 3.04. The first kappa shape index (κ1) is 15.2. The van der Waals surface area contributed by atoms with Crippen molar-refractivity contribution in [2.24, 2.45) is 5.73 Å². The SMILES string of the molecule is Cc1nnc(-c2ccccc2-c2cc(F)cc3c2OC(CN)C3)s1. The predicted octanol–water partition coefficient (Wildman–Crippen LogP) is 3.58. The summed E-state index contributed by atoms with van der Waals surface area (Å²) in [7, 11) is 0. The third-order valence-electron chi connectivity index (χ3n) is 4.10. The van der Waals surface area contributed by atoms with Crippen LogP contribution < -0.4 is 10.5 Å². The summed E-state index contributed by atoms with van der Waals surface area (Å²) in [4.78, 5) is 0. The van der Waals surface area contributed by atoms with Crippen molar-refractivity contribution < 1.29 is 9.13 Å². The van der Waals surface area contributed by atoms with E-state index in [1.165, 1.54) is 23.5 Å². The highest BCUT2D eigenvalue weighted by Gasteiger charge is 2.27. The maximum absolute atomic E-state index is 14.2. The summed E-state index contributed by atoms with van der Waals surface area (Å²) in [6.45, 7) is 2.33. The number of aromatic nitrogens is 2. The van der Waals surface area contributed by atoms with E-state index in [9.17, 15) is 4.39 Å². The van der Waals surface area contributed by atoms with Crippen molar-refractivity contribution >= 4 is 11.3 Å². The molecule has 0 spiro atoms. The topological polar surface area (TPSA) is 61.0 Å². The molecule has 4 nitrogen and oxygen atoms in total. The molecular formula is C18H16FN3OS. The molecule has 2 aromatic carbocycles. The number of nitrogens with zero attached hydrogens (tertiary/aromatic N) is 2. The minimum Gasteiger partial charge on any atom is -0.488 e. The molecule has 2 N–H and O–H groups in total. The van der Waals surface area contributed by atoms with E-state index in [1.807, 2.05) is 31.2 Å². The van der Waals surface area contributed by atoms with Crippen LogP contribution in [0.3, 0.4) is 0 Å². The Bertz CT molecular complexity index is 909. The molecule has 4 rings (SSSR count). The van der Waals surface area contributed by atoms with Gasteiger partial charge in [0.05, 0.1) is 0 Å². The standard InChI is InChI=1S/C18H16FN3OS/c1-10-21-22-18(24-10)15-5-3-2-4-14(15)16-8-12(19)6-11-7-13(9-20)23-17(11)16/h2-6,8,13H,7,9,20H2,1H3. The maximum Gasteiger partial charge on any atom is 0.148 e. The minimum absolute atomic E-state index is 0.100. The molecule has 6 heteroatoms. The van der Waals surface area contributed by atoms with Crippen LogP contribution in [0.4, 0.5) is 4.39 Å². The molecule has 1 aliphatic rings. The molecule has 0 amide bonds. The molecule has 1 aromatic heterocycles. The number of ether oxygens (including phenoxy) is 1. The molecule has 24 heavy (non-hydrogen) atoms. The lowest BCUT2D eigenvalue weighted by molar-refractivity contribution is 0.242. The van der Waals surface area contributed by atoms with E-state index in [1.54, 1.807) is 0 Å². The zero-order valence-electron chi connectivity index (χ0n) is 13.1. The van der Waals surface area contributed by atoms with Crippen LogP contribution in [-0.2, 0) is 6.42 Å². The molecule has 0 aliphatic carbocycles. The van der Waals surface area contributed by atoms with Gasteiger partial charge in [-0.3, -0.25) is 0 Å². The minimum atomic E-state index is -0.270. The summed E-state index contributed by atoms with van der Waals surface area (Å²) in [5.74, 6) is 0.453. The molecule has 122 valence electrons. The fraction of sp³-hybridized carbons (Fsp3) is 0.222. The van der Waals surface area contributed by atoms with Gasteiger partial charge in [0, 0.05) is 29.7 Å². The maximum atomic E-state index is 14.2. The molecule has 0 fully saturated rings. The van der Waals surface area contributed by atoms with E-state index in [0.717, 1.165) is 38.0 Å². The summed E-state index contributed by atoms with van der Waals surface area (Å²) in [5, 5.41) is 10.0. The van der Waals surface area contributed by atoms with E-state index in [2.05, 4.69) is 10.2 Å². The lowest BCUT2D eigenvalue weighted by Crippen LogP contribution is -2.24. The molecule has 1 atom stereocenters. The lowest BCUT2D eigenvalue weighted by Gasteiger charge is -2.13. The molecule has 0 bridgehead atoms. The molecule has 0 saturated carbocycles. The van der Waals surface area contributed by atoms with Gasteiger partial charge in [0.2, 0.25) is 0 Å². The van der Waals surface area contributed by atoms with Crippen LogP contribution >= 0.6 is 11.3 Å². The van der Waals surface area contributed by atoms with Gasteiger partial charge in [-0.25, -0.2) is 4.39 Å². The third-order valence-corrected chi connectivity index (χ3v) is 4.97. The van der Waals surface area contributed by atoms with Gasteiger partial charge in [-0.15, -0.1) is 10.2 Å². The van der Waals surface area contributed by atoms with E-state index in [4.69, 9.17) is 10.5 Å². The molecule has 1 aliphatic heterocycles. The lowest BCUT2D eigenvalue weighted by atomic mass is 9.96. The van der Waals surface area contributed by atoms with Gasteiger partial charge in [0.25, 0.3) is 0 Å². The Morgan fingerprint density at radius 2 is 2.00 bits per heavy atom.